The number of nitrogens with one attached hydrogen (secondary N) is 2. The summed E-state index contributed by atoms with van der Waals surface area (Å²) in [5, 5.41) is 14.8. The first kappa shape index (κ1) is 19.3. The number of alkyl halides is 3. The normalized spacial score (nSPS) is 10.9. The summed E-state index contributed by atoms with van der Waals surface area (Å²) in [6.45, 7) is 2.22. The molecule has 136 valence electrons. The fraction of sp³-hybridized carbons (Fsp3) is 0.263. The highest BCUT2D eigenvalue weighted by Crippen LogP contribution is 2.31. The molecule has 0 radical (unpaired) electrons. The van der Waals surface area contributed by atoms with Crippen LogP contribution in [0.3, 0.4) is 0 Å². The maximum atomic E-state index is 12.7. The predicted molar refractivity (Wildman–Crippen MR) is 93.5 cm³/mol. The van der Waals surface area contributed by atoms with Crippen molar-refractivity contribution < 1.29 is 18.0 Å². The van der Waals surface area contributed by atoms with Gasteiger partial charge in [-0.05, 0) is 42.3 Å². The zero-order chi connectivity index (χ0) is 19.2. The number of nitrogens with zero attached hydrogens (tertiary/aromatic N) is 1. The van der Waals surface area contributed by atoms with Gasteiger partial charge in [-0.15, -0.1) is 0 Å². The third kappa shape index (κ3) is 5.24. The smallest absolute Gasteiger partial charge is 0.380 e. The summed E-state index contributed by atoms with van der Waals surface area (Å²) in [6, 6.07) is 11.9. The van der Waals surface area contributed by atoms with Crippen LogP contribution in [0.5, 0.6) is 0 Å². The van der Waals surface area contributed by atoms with Gasteiger partial charge in [-0.3, -0.25) is 4.79 Å². The molecule has 26 heavy (non-hydrogen) atoms. The van der Waals surface area contributed by atoms with Crippen LogP contribution >= 0.6 is 0 Å². The largest absolute Gasteiger partial charge is 0.416 e. The van der Waals surface area contributed by atoms with Gasteiger partial charge in [0, 0.05) is 18.7 Å². The van der Waals surface area contributed by atoms with Crippen molar-refractivity contribution in [3.63, 3.8) is 0 Å². The van der Waals surface area contributed by atoms with Gasteiger partial charge >= 0.3 is 6.18 Å². The van der Waals surface area contributed by atoms with Crippen molar-refractivity contribution in [3.05, 3.63) is 59.2 Å². The highest BCUT2D eigenvalue weighted by Gasteiger charge is 2.31. The zero-order valence-electron chi connectivity index (χ0n) is 14.2. The van der Waals surface area contributed by atoms with Crippen LogP contribution in [-0.2, 0) is 17.5 Å². The predicted octanol–water partition coefficient (Wildman–Crippen LogP) is 4.93. The minimum absolute atomic E-state index is 0.0766. The molecule has 2 aromatic carbocycles. The number of nitriles is 1. The molecule has 0 saturated heterocycles. The van der Waals surface area contributed by atoms with Crippen LogP contribution in [-0.4, -0.2) is 5.91 Å². The minimum Gasteiger partial charge on any atom is -0.380 e. The first-order valence-corrected chi connectivity index (χ1v) is 8.07. The quantitative estimate of drug-likeness (QED) is 0.767. The summed E-state index contributed by atoms with van der Waals surface area (Å²) < 4.78 is 38.2. The molecule has 1 amide bonds. The van der Waals surface area contributed by atoms with E-state index in [0.29, 0.717) is 24.3 Å². The molecule has 0 atom stereocenters. The number of halogens is 3. The first-order valence-electron chi connectivity index (χ1n) is 8.07. The molecule has 0 aliphatic heterocycles. The lowest BCUT2D eigenvalue weighted by molar-refractivity contribution is -0.137. The Morgan fingerprint density at radius 1 is 1.19 bits per heavy atom. The Kier molecular flexibility index (Phi) is 6.23. The first-order chi connectivity index (χ1) is 12.3. The van der Waals surface area contributed by atoms with E-state index in [4.69, 9.17) is 5.26 Å². The molecule has 0 saturated carbocycles. The van der Waals surface area contributed by atoms with Crippen molar-refractivity contribution in [2.45, 2.75) is 32.5 Å². The van der Waals surface area contributed by atoms with Gasteiger partial charge in [0.15, 0.2) is 0 Å². The van der Waals surface area contributed by atoms with E-state index in [1.54, 1.807) is 24.3 Å². The lowest BCUT2D eigenvalue weighted by Crippen LogP contribution is -2.11. The third-order valence-corrected chi connectivity index (χ3v) is 3.64. The summed E-state index contributed by atoms with van der Waals surface area (Å²) in [5.74, 6) is -0.0767. The number of carbonyl (C=O) groups is 1. The number of amides is 1. The van der Waals surface area contributed by atoms with E-state index in [9.17, 15) is 18.0 Å². The molecule has 2 N–H and O–H groups in total. The van der Waals surface area contributed by atoms with E-state index in [1.807, 2.05) is 13.0 Å². The van der Waals surface area contributed by atoms with E-state index in [1.165, 1.54) is 6.07 Å². The van der Waals surface area contributed by atoms with Gasteiger partial charge in [0.1, 0.15) is 6.07 Å². The van der Waals surface area contributed by atoms with Crippen molar-refractivity contribution in [2.24, 2.45) is 0 Å². The fourth-order valence-corrected chi connectivity index (χ4v) is 2.37. The Morgan fingerprint density at radius 3 is 2.62 bits per heavy atom. The van der Waals surface area contributed by atoms with E-state index < -0.39 is 11.7 Å². The zero-order valence-corrected chi connectivity index (χ0v) is 14.2. The molecular formula is C19H18F3N3O. The SMILES string of the molecule is CCCC(=O)Nc1cccc(CNc2ccc(C(F)(F)F)cc2C#N)c1. The second kappa shape index (κ2) is 8.39. The summed E-state index contributed by atoms with van der Waals surface area (Å²) in [7, 11) is 0. The van der Waals surface area contributed by atoms with Crippen LogP contribution in [0.15, 0.2) is 42.5 Å². The van der Waals surface area contributed by atoms with Crippen LogP contribution in [0, 0.1) is 11.3 Å². The van der Waals surface area contributed by atoms with Crippen molar-refractivity contribution >= 4 is 17.3 Å². The monoisotopic (exact) mass is 361 g/mol. The summed E-state index contributed by atoms with van der Waals surface area (Å²) in [4.78, 5) is 11.6. The Morgan fingerprint density at radius 2 is 1.96 bits per heavy atom. The molecule has 7 heteroatoms. The molecule has 0 bridgehead atoms. The number of anilines is 2. The molecule has 0 heterocycles. The van der Waals surface area contributed by atoms with Crippen molar-refractivity contribution in [1.29, 1.82) is 5.26 Å². The number of carbonyl (C=O) groups excluding carboxylic acids is 1. The van der Waals surface area contributed by atoms with Crippen LogP contribution in [0.4, 0.5) is 24.5 Å². The molecule has 0 spiro atoms. The fourth-order valence-electron chi connectivity index (χ4n) is 2.37. The van der Waals surface area contributed by atoms with Gasteiger partial charge in [-0.25, -0.2) is 0 Å². The van der Waals surface area contributed by atoms with Crippen LogP contribution < -0.4 is 10.6 Å². The van der Waals surface area contributed by atoms with Gasteiger partial charge in [-0.2, -0.15) is 18.4 Å². The van der Waals surface area contributed by atoms with E-state index >= 15 is 0 Å². The molecule has 4 nitrogen and oxygen atoms in total. The minimum atomic E-state index is -4.49. The Labute approximate surface area is 149 Å². The van der Waals surface area contributed by atoms with E-state index in [2.05, 4.69) is 10.6 Å². The van der Waals surface area contributed by atoms with Gasteiger partial charge in [0.05, 0.1) is 16.8 Å². The number of hydrogen-bond acceptors (Lipinski definition) is 3. The Hall–Kier alpha value is -3.01. The van der Waals surface area contributed by atoms with Crippen molar-refractivity contribution in [1.82, 2.24) is 0 Å². The molecule has 0 fully saturated rings. The molecular weight excluding hydrogens is 343 g/mol. The Bertz CT molecular complexity index is 826. The van der Waals surface area contributed by atoms with Crippen LogP contribution in [0.25, 0.3) is 0 Å². The van der Waals surface area contributed by atoms with Crippen molar-refractivity contribution in [3.8, 4) is 6.07 Å². The lowest BCUT2D eigenvalue weighted by Gasteiger charge is -2.12. The number of rotatable bonds is 6. The maximum absolute atomic E-state index is 12.7. The lowest BCUT2D eigenvalue weighted by atomic mass is 10.1. The molecule has 0 aromatic heterocycles. The van der Waals surface area contributed by atoms with Crippen molar-refractivity contribution in [2.75, 3.05) is 10.6 Å². The number of benzene rings is 2. The number of hydrogen-bond donors (Lipinski definition) is 2. The highest BCUT2D eigenvalue weighted by atomic mass is 19.4. The molecule has 0 aliphatic rings. The molecule has 2 aromatic rings. The van der Waals surface area contributed by atoms with Gasteiger partial charge < -0.3 is 10.6 Å². The summed E-state index contributed by atoms with van der Waals surface area (Å²) in [5.41, 5.74) is 0.854. The van der Waals surface area contributed by atoms with Gasteiger partial charge in [0.25, 0.3) is 0 Å². The average molecular weight is 361 g/mol. The van der Waals surface area contributed by atoms with Gasteiger partial charge in [-0.1, -0.05) is 19.1 Å². The molecule has 0 aliphatic carbocycles. The van der Waals surface area contributed by atoms with Crippen LogP contribution in [0.1, 0.15) is 36.5 Å². The third-order valence-electron chi connectivity index (χ3n) is 3.64. The highest BCUT2D eigenvalue weighted by molar-refractivity contribution is 5.90. The summed E-state index contributed by atoms with van der Waals surface area (Å²) in [6.07, 6.45) is -3.31. The summed E-state index contributed by atoms with van der Waals surface area (Å²) >= 11 is 0. The van der Waals surface area contributed by atoms with Gasteiger partial charge in [0.2, 0.25) is 5.91 Å². The topological polar surface area (TPSA) is 64.9 Å². The second-order valence-corrected chi connectivity index (χ2v) is 5.72. The molecule has 0 unspecified atom stereocenters. The standard InChI is InChI=1S/C19H18F3N3O/c1-2-4-18(26)25-16-6-3-5-13(9-16)12-24-17-8-7-15(19(20,21)22)10-14(17)11-23/h3,5-10,24H,2,4,12H2,1H3,(H,25,26). The second-order valence-electron chi connectivity index (χ2n) is 5.72. The van der Waals surface area contributed by atoms with E-state index in [-0.39, 0.29) is 11.5 Å². The average Bonchev–Trinajstić information content (AvgIpc) is 2.59. The van der Waals surface area contributed by atoms with Crippen LogP contribution in [0.2, 0.25) is 0 Å². The molecule has 2 rings (SSSR count). The maximum Gasteiger partial charge on any atom is 0.416 e. The van der Waals surface area contributed by atoms with E-state index in [0.717, 1.165) is 24.1 Å². The Balaban J connectivity index is 2.09.